The summed E-state index contributed by atoms with van der Waals surface area (Å²) in [6.45, 7) is 1.39. The molecule has 1 aromatic rings. The molecule has 0 fully saturated rings. The van der Waals surface area contributed by atoms with Crippen LogP contribution in [0, 0.1) is 0 Å². The summed E-state index contributed by atoms with van der Waals surface area (Å²) in [7, 11) is 6.56. The van der Waals surface area contributed by atoms with Gasteiger partial charge in [0, 0.05) is 19.5 Å². The number of rotatable bonds is 9. The van der Waals surface area contributed by atoms with Gasteiger partial charge in [-0.05, 0) is 31.2 Å². The fourth-order valence-corrected chi connectivity index (χ4v) is 1.95. The Bertz CT molecular complexity index is 444. The van der Waals surface area contributed by atoms with Crippen molar-refractivity contribution in [1.29, 1.82) is 0 Å². The molecule has 22 heavy (non-hydrogen) atoms. The third-order valence-corrected chi connectivity index (χ3v) is 3.06. The lowest BCUT2D eigenvalue weighted by Crippen LogP contribution is -2.30. The van der Waals surface area contributed by atoms with Crippen molar-refractivity contribution < 1.29 is 19.0 Å². The van der Waals surface area contributed by atoms with Crippen LogP contribution in [0.15, 0.2) is 12.1 Å². The van der Waals surface area contributed by atoms with E-state index in [2.05, 4.69) is 10.6 Å². The largest absolute Gasteiger partial charge is 0.493 e. The molecule has 0 spiro atoms. The Morgan fingerprint density at radius 2 is 1.64 bits per heavy atom. The van der Waals surface area contributed by atoms with E-state index in [9.17, 15) is 4.79 Å². The van der Waals surface area contributed by atoms with Gasteiger partial charge in [-0.3, -0.25) is 4.79 Å². The van der Waals surface area contributed by atoms with E-state index in [1.165, 1.54) is 0 Å². The van der Waals surface area contributed by atoms with Gasteiger partial charge in [-0.1, -0.05) is 0 Å². The molecule has 6 nitrogen and oxygen atoms in total. The van der Waals surface area contributed by atoms with Crippen molar-refractivity contribution in [2.24, 2.45) is 0 Å². The molecule has 0 unspecified atom stereocenters. The summed E-state index contributed by atoms with van der Waals surface area (Å²) in [4.78, 5) is 11.7. The molecule has 0 atom stereocenters. The third kappa shape index (κ3) is 5.99. The standard InChI is InChI=1S/C15H24N2O4.ClH/c1-16-7-8-17-14(18)6-5-11-9-12(19-2)15(21-4)13(10-11)20-3;/h9-10,16H,5-8H2,1-4H3,(H,17,18);1H. The van der Waals surface area contributed by atoms with E-state index in [1.807, 2.05) is 19.2 Å². The average molecular weight is 333 g/mol. The quantitative estimate of drug-likeness (QED) is 0.669. The van der Waals surface area contributed by atoms with Crippen molar-refractivity contribution in [1.82, 2.24) is 10.6 Å². The van der Waals surface area contributed by atoms with Gasteiger partial charge < -0.3 is 24.8 Å². The van der Waals surface area contributed by atoms with E-state index in [4.69, 9.17) is 14.2 Å². The van der Waals surface area contributed by atoms with Gasteiger partial charge in [0.05, 0.1) is 21.3 Å². The van der Waals surface area contributed by atoms with Crippen molar-refractivity contribution >= 4 is 18.3 Å². The number of aryl methyl sites for hydroxylation is 1. The summed E-state index contributed by atoms with van der Waals surface area (Å²) >= 11 is 0. The van der Waals surface area contributed by atoms with Crippen LogP contribution in [-0.2, 0) is 11.2 Å². The van der Waals surface area contributed by atoms with E-state index >= 15 is 0 Å². The van der Waals surface area contributed by atoms with Crippen LogP contribution in [0.25, 0.3) is 0 Å². The van der Waals surface area contributed by atoms with Crippen LogP contribution in [0.5, 0.6) is 17.2 Å². The smallest absolute Gasteiger partial charge is 0.220 e. The normalized spacial score (nSPS) is 9.64. The molecular weight excluding hydrogens is 308 g/mol. The van der Waals surface area contributed by atoms with E-state index < -0.39 is 0 Å². The number of hydrogen-bond donors (Lipinski definition) is 2. The van der Waals surface area contributed by atoms with Crippen molar-refractivity contribution in [2.45, 2.75) is 12.8 Å². The first-order valence-corrected chi connectivity index (χ1v) is 6.86. The number of carbonyl (C=O) groups excluding carboxylic acids is 1. The highest BCUT2D eigenvalue weighted by molar-refractivity contribution is 5.85. The van der Waals surface area contributed by atoms with Crippen LogP contribution in [0.2, 0.25) is 0 Å². The first kappa shape index (κ1) is 20.3. The summed E-state index contributed by atoms with van der Waals surface area (Å²) in [6, 6.07) is 3.73. The summed E-state index contributed by atoms with van der Waals surface area (Å²) in [6.07, 6.45) is 1.03. The Morgan fingerprint density at radius 3 is 2.09 bits per heavy atom. The maximum absolute atomic E-state index is 11.7. The van der Waals surface area contributed by atoms with Gasteiger partial charge in [0.25, 0.3) is 0 Å². The van der Waals surface area contributed by atoms with Crippen LogP contribution in [0.1, 0.15) is 12.0 Å². The number of amides is 1. The molecule has 7 heteroatoms. The first-order chi connectivity index (χ1) is 10.2. The fraction of sp³-hybridized carbons (Fsp3) is 0.533. The minimum absolute atomic E-state index is 0. The van der Waals surface area contributed by atoms with Crippen LogP contribution in [0.3, 0.4) is 0 Å². The van der Waals surface area contributed by atoms with Crippen molar-refractivity contribution in [3.63, 3.8) is 0 Å². The Kier molecular flexibility index (Phi) is 10.2. The van der Waals surface area contributed by atoms with E-state index in [1.54, 1.807) is 21.3 Å². The molecule has 0 aliphatic rings. The van der Waals surface area contributed by atoms with Gasteiger partial charge in [0.1, 0.15) is 0 Å². The van der Waals surface area contributed by atoms with Crippen molar-refractivity contribution in [2.75, 3.05) is 41.5 Å². The van der Waals surface area contributed by atoms with Gasteiger partial charge >= 0.3 is 0 Å². The van der Waals surface area contributed by atoms with Crippen LogP contribution in [0.4, 0.5) is 0 Å². The molecule has 0 aliphatic heterocycles. The molecule has 1 amide bonds. The van der Waals surface area contributed by atoms with Crippen molar-refractivity contribution in [3.05, 3.63) is 17.7 Å². The Balaban J connectivity index is 0.00000441. The SMILES string of the molecule is CNCCNC(=O)CCc1cc(OC)c(OC)c(OC)c1.Cl. The molecule has 0 radical (unpaired) electrons. The highest BCUT2D eigenvalue weighted by Gasteiger charge is 2.13. The Hall–Kier alpha value is -1.66. The molecule has 2 N–H and O–H groups in total. The number of ether oxygens (including phenoxy) is 3. The first-order valence-electron chi connectivity index (χ1n) is 6.86. The number of benzene rings is 1. The lowest BCUT2D eigenvalue weighted by molar-refractivity contribution is -0.121. The second-order valence-electron chi connectivity index (χ2n) is 4.49. The van der Waals surface area contributed by atoms with Gasteiger partial charge in [0.15, 0.2) is 11.5 Å². The predicted octanol–water partition coefficient (Wildman–Crippen LogP) is 1.40. The highest BCUT2D eigenvalue weighted by atomic mass is 35.5. The zero-order chi connectivity index (χ0) is 15.7. The van der Waals surface area contributed by atoms with E-state index in [0.29, 0.717) is 36.6 Å². The molecular formula is C15H25ClN2O4. The monoisotopic (exact) mass is 332 g/mol. The van der Waals surface area contributed by atoms with E-state index in [-0.39, 0.29) is 18.3 Å². The van der Waals surface area contributed by atoms with Gasteiger partial charge in [-0.2, -0.15) is 0 Å². The number of halogens is 1. The lowest BCUT2D eigenvalue weighted by Gasteiger charge is -2.14. The van der Waals surface area contributed by atoms with Gasteiger partial charge in [-0.25, -0.2) is 0 Å². The average Bonchev–Trinajstić information content (AvgIpc) is 2.51. The Labute approximate surface area is 137 Å². The second-order valence-corrected chi connectivity index (χ2v) is 4.49. The number of nitrogens with one attached hydrogen (secondary N) is 2. The van der Waals surface area contributed by atoms with Crippen LogP contribution in [-0.4, -0.2) is 47.4 Å². The maximum Gasteiger partial charge on any atom is 0.220 e. The lowest BCUT2D eigenvalue weighted by atomic mass is 10.1. The fourth-order valence-electron chi connectivity index (χ4n) is 1.95. The molecule has 0 saturated heterocycles. The molecule has 0 aliphatic carbocycles. The summed E-state index contributed by atoms with van der Waals surface area (Å²) in [5.41, 5.74) is 0.966. The van der Waals surface area contributed by atoms with E-state index in [0.717, 1.165) is 12.1 Å². The summed E-state index contributed by atoms with van der Waals surface area (Å²) in [5.74, 6) is 1.78. The topological polar surface area (TPSA) is 68.8 Å². The maximum atomic E-state index is 11.7. The predicted molar refractivity (Wildman–Crippen MR) is 88.6 cm³/mol. The molecule has 1 rings (SSSR count). The number of carbonyl (C=O) groups is 1. The number of likely N-dealkylation sites (N-methyl/N-ethyl adjacent to an activating group) is 1. The summed E-state index contributed by atoms with van der Waals surface area (Å²) in [5, 5.41) is 5.82. The minimum atomic E-state index is 0. The molecule has 1 aromatic carbocycles. The Morgan fingerprint density at radius 1 is 1.05 bits per heavy atom. The summed E-state index contributed by atoms with van der Waals surface area (Å²) < 4.78 is 15.9. The van der Waals surface area contributed by atoms with Gasteiger partial charge in [-0.15, -0.1) is 12.4 Å². The molecule has 0 heterocycles. The zero-order valence-corrected chi connectivity index (χ0v) is 14.3. The molecule has 126 valence electrons. The minimum Gasteiger partial charge on any atom is -0.493 e. The zero-order valence-electron chi connectivity index (χ0n) is 13.5. The van der Waals surface area contributed by atoms with Gasteiger partial charge in [0.2, 0.25) is 11.7 Å². The second kappa shape index (κ2) is 11.0. The number of hydrogen-bond acceptors (Lipinski definition) is 5. The molecule has 0 aromatic heterocycles. The van der Waals surface area contributed by atoms with Crippen LogP contribution < -0.4 is 24.8 Å². The third-order valence-electron chi connectivity index (χ3n) is 3.06. The van der Waals surface area contributed by atoms with Crippen molar-refractivity contribution in [3.8, 4) is 17.2 Å². The number of methoxy groups -OCH3 is 3. The highest BCUT2D eigenvalue weighted by Crippen LogP contribution is 2.38. The van der Waals surface area contributed by atoms with Crippen LogP contribution >= 0.6 is 12.4 Å². The molecule has 0 bridgehead atoms. The molecule has 0 saturated carbocycles.